The second-order valence-electron chi connectivity index (χ2n) is 6.98. The van der Waals surface area contributed by atoms with Crippen LogP contribution in [0.4, 0.5) is 11.4 Å². The third-order valence-electron chi connectivity index (χ3n) is 4.98. The number of nitrogens with zero attached hydrogens (tertiary/aromatic N) is 1. The highest BCUT2D eigenvalue weighted by Crippen LogP contribution is 2.35. The molecular weight excluding hydrogens is 428 g/mol. The number of amides is 2. The lowest BCUT2D eigenvalue weighted by Gasteiger charge is -2.16. The molecule has 1 heterocycles. The minimum atomic E-state index is -0.445. The van der Waals surface area contributed by atoms with Gasteiger partial charge in [0, 0.05) is 10.7 Å². The van der Waals surface area contributed by atoms with Crippen LogP contribution in [-0.2, 0) is 9.59 Å². The largest absolute Gasteiger partial charge is 0.497 e. The zero-order valence-electron chi connectivity index (χ0n) is 17.6. The lowest BCUT2D eigenvalue weighted by molar-refractivity contribution is -0.120. The number of nitrogens with one attached hydrogen (secondary N) is 1. The number of hydrogen-bond donors (Lipinski definition) is 1. The molecule has 0 saturated carbocycles. The van der Waals surface area contributed by atoms with E-state index in [1.807, 2.05) is 6.92 Å². The van der Waals surface area contributed by atoms with Crippen LogP contribution in [0.1, 0.15) is 12.5 Å². The number of rotatable bonds is 7. The molecule has 0 atom stereocenters. The lowest BCUT2D eigenvalue weighted by atomic mass is 10.0. The number of ether oxygens (including phenoxy) is 2. The summed E-state index contributed by atoms with van der Waals surface area (Å²) in [6, 6.07) is 20.8. The Morgan fingerprint density at radius 2 is 1.47 bits per heavy atom. The first kappa shape index (κ1) is 21.5. The molecular formula is C25H21ClN2O4. The van der Waals surface area contributed by atoms with Gasteiger partial charge in [0.1, 0.15) is 17.2 Å². The van der Waals surface area contributed by atoms with E-state index in [1.54, 1.807) is 79.9 Å². The minimum Gasteiger partial charge on any atom is -0.497 e. The molecule has 0 unspecified atom stereocenters. The summed E-state index contributed by atoms with van der Waals surface area (Å²) in [5.41, 5.74) is 2.18. The summed E-state index contributed by atoms with van der Waals surface area (Å²) in [4.78, 5) is 28.0. The van der Waals surface area contributed by atoms with Crippen LogP contribution in [-0.4, -0.2) is 25.5 Å². The number of benzene rings is 3. The average Bonchev–Trinajstić information content (AvgIpc) is 3.05. The number of carbonyl (C=O) groups is 2. The predicted molar refractivity (Wildman–Crippen MR) is 125 cm³/mol. The molecule has 2 amide bonds. The maximum atomic E-state index is 13.4. The first-order valence-corrected chi connectivity index (χ1v) is 10.4. The molecule has 0 bridgehead atoms. The van der Waals surface area contributed by atoms with E-state index in [0.29, 0.717) is 34.3 Å². The van der Waals surface area contributed by atoms with E-state index in [0.717, 1.165) is 10.6 Å². The second kappa shape index (κ2) is 9.16. The number of imide groups is 1. The topological polar surface area (TPSA) is 67.9 Å². The predicted octanol–water partition coefficient (Wildman–Crippen LogP) is 5.14. The van der Waals surface area contributed by atoms with Crippen molar-refractivity contribution >= 4 is 40.4 Å². The van der Waals surface area contributed by atoms with Gasteiger partial charge in [-0.05, 0) is 73.2 Å². The zero-order chi connectivity index (χ0) is 22.7. The third-order valence-corrected chi connectivity index (χ3v) is 5.23. The monoisotopic (exact) mass is 448 g/mol. The third kappa shape index (κ3) is 4.18. The molecule has 1 N–H and O–H groups in total. The summed E-state index contributed by atoms with van der Waals surface area (Å²) >= 11 is 6.03. The van der Waals surface area contributed by atoms with E-state index in [1.165, 1.54) is 0 Å². The summed E-state index contributed by atoms with van der Waals surface area (Å²) in [5, 5.41) is 3.67. The number of carbonyl (C=O) groups excluding carboxylic acids is 2. The summed E-state index contributed by atoms with van der Waals surface area (Å²) in [6.45, 7) is 2.47. The Morgan fingerprint density at radius 3 is 2.06 bits per heavy atom. The molecule has 3 aromatic rings. The van der Waals surface area contributed by atoms with Crippen molar-refractivity contribution in [2.24, 2.45) is 0 Å². The molecule has 32 heavy (non-hydrogen) atoms. The Bertz CT molecular complexity index is 1170. The molecule has 0 saturated heterocycles. The van der Waals surface area contributed by atoms with E-state index >= 15 is 0 Å². The van der Waals surface area contributed by atoms with Gasteiger partial charge in [0.15, 0.2) is 0 Å². The highest BCUT2D eigenvalue weighted by molar-refractivity contribution is 6.46. The van der Waals surface area contributed by atoms with E-state index < -0.39 is 11.8 Å². The van der Waals surface area contributed by atoms with E-state index in [4.69, 9.17) is 21.1 Å². The van der Waals surface area contributed by atoms with Gasteiger partial charge in [0.05, 0.1) is 25.0 Å². The average molecular weight is 449 g/mol. The Hall–Kier alpha value is -3.77. The van der Waals surface area contributed by atoms with Crippen LogP contribution in [0.3, 0.4) is 0 Å². The summed E-state index contributed by atoms with van der Waals surface area (Å²) in [6.07, 6.45) is 0. The maximum Gasteiger partial charge on any atom is 0.282 e. The Labute approximate surface area is 191 Å². The van der Waals surface area contributed by atoms with Gasteiger partial charge < -0.3 is 14.8 Å². The van der Waals surface area contributed by atoms with Crippen molar-refractivity contribution in [3.63, 3.8) is 0 Å². The molecule has 0 aromatic heterocycles. The van der Waals surface area contributed by atoms with Gasteiger partial charge in [-0.3, -0.25) is 9.59 Å². The fraction of sp³-hybridized carbons (Fsp3) is 0.120. The quantitative estimate of drug-likeness (QED) is 0.506. The smallest absolute Gasteiger partial charge is 0.282 e. The van der Waals surface area contributed by atoms with Crippen molar-refractivity contribution in [1.29, 1.82) is 0 Å². The number of hydrogen-bond acceptors (Lipinski definition) is 5. The van der Waals surface area contributed by atoms with Crippen molar-refractivity contribution in [3.8, 4) is 11.5 Å². The van der Waals surface area contributed by atoms with Gasteiger partial charge in [0.2, 0.25) is 0 Å². The first-order valence-electron chi connectivity index (χ1n) is 10.0. The Kier molecular flexibility index (Phi) is 6.14. The number of halogens is 1. The number of methoxy groups -OCH3 is 1. The van der Waals surface area contributed by atoms with E-state index in [-0.39, 0.29) is 11.3 Å². The van der Waals surface area contributed by atoms with E-state index in [2.05, 4.69) is 5.32 Å². The van der Waals surface area contributed by atoms with Gasteiger partial charge in [-0.2, -0.15) is 0 Å². The SMILES string of the molecule is CCOc1ccc(NC2=C(c3ccc(Cl)cc3)C(=O)N(c3ccc(OC)cc3)C2=O)cc1. The second-order valence-corrected chi connectivity index (χ2v) is 7.42. The summed E-state index contributed by atoms with van der Waals surface area (Å²) in [5.74, 6) is 0.486. The summed E-state index contributed by atoms with van der Waals surface area (Å²) in [7, 11) is 1.56. The van der Waals surface area contributed by atoms with Gasteiger partial charge in [0.25, 0.3) is 11.8 Å². The van der Waals surface area contributed by atoms with Crippen molar-refractivity contribution in [1.82, 2.24) is 0 Å². The Balaban J connectivity index is 1.74. The molecule has 7 heteroatoms. The molecule has 0 aliphatic carbocycles. The standard InChI is InChI=1S/C25H21ClN2O4/c1-3-32-21-12-8-18(9-13-21)27-23-22(16-4-6-17(26)7-5-16)24(29)28(25(23)30)19-10-14-20(31-2)15-11-19/h4-15,27H,3H2,1-2H3. The summed E-state index contributed by atoms with van der Waals surface area (Å²) < 4.78 is 10.7. The van der Waals surface area contributed by atoms with E-state index in [9.17, 15) is 9.59 Å². The van der Waals surface area contributed by atoms with Crippen molar-refractivity contribution < 1.29 is 19.1 Å². The zero-order valence-corrected chi connectivity index (χ0v) is 18.3. The molecule has 1 aliphatic rings. The van der Waals surface area contributed by atoms with Gasteiger partial charge in [-0.15, -0.1) is 0 Å². The van der Waals surface area contributed by atoms with Crippen LogP contribution in [0.15, 0.2) is 78.5 Å². The van der Waals surface area contributed by atoms with Gasteiger partial charge in [-0.1, -0.05) is 23.7 Å². The molecule has 0 fully saturated rings. The molecule has 3 aromatic carbocycles. The van der Waals surface area contributed by atoms with Gasteiger partial charge >= 0.3 is 0 Å². The fourth-order valence-corrected chi connectivity index (χ4v) is 3.57. The normalized spacial score (nSPS) is 13.5. The highest BCUT2D eigenvalue weighted by atomic mass is 35.5. The van der Waals surface area contributed by atoms with Gasteiger partial charge in [-0.25, -0.2) is 4.90 Å². The van der Waals surface area contributed by atoms with Crippen LogP contribution >= 0.6 is 11.6 Å². The van der Waals surface area contributed by atoms with Crippen LogP contribution in [0.2, 0.25) is 5.02 Å². The van der Waals surface area contributed by atoms with Crippen molar-refractivity contribution in [2.75, 3.05) is 23.9 Å². The molecule has 6 nitrogen and oxygen atoms in total. The van der Waals surface area contributed by atoms with Crippen molar-refractivity contribution in [3.05, 3.63) is 89.1 Å². The molecule has 0 radical (unpaired) electrons. The first-order chi connectivity index (χ1) is 15.5. The molecule has 4 rings (SSSR count). The van der Waals surface area contributed by atoms with Crippen LogP contribution in [0.25, 0.3) is 5.57 Å². The van der Waals surface area contributed by atoms with Crippen LogP contribution < -0.4 is 19.7 Å². The van der Waals surface area contributed by atoms with Crippen LogP contribution in [0, 0.1) is 0 Å². The lowest BCUT2D eigenvalue weighted by Crippen LogP contribution is -2.32. The fourth-order valence-electron chi connectivity index (χ4n) is 3.44. The minimum absolute atomic E-state index is 0.192. The molecule has 1 aliphatic heterocycles. The maximum absolute atomic E-state index is 13.4. The van der Waals surface area contributed by atoms with Crippen LogP contribution in [0.5, 0.6) is 11.5 Å². The molecule has 162 valence electrons. The molecule has 0 spiro atoms. The van der Waals surface area contributed by atoms with Crippen molar-refractivity contribution in [2.45, 2.75) is 6.92 Å². The highest BCUT2D eigenvalue weighted by Gasteiger charge is 2.40. The number of anilines is 2. The Morgan fingerprint density at radius 1 is 0.844 bits per heavy atom.